The van der Waals surface area contributed by atoms with Crippen molar-refractivity contribution >= 4 is 5.97 Å². The van der Waals surface area contributed by atoms with Gasteiger partial charge in [-0.15, -0.1) is 0 Å². The van der Waals surface area contributed by atoms with Crippen molar-refractivity contribution in [2.75, 3.05) is 0 Å². The van der Waals surface area contributed by atoms with Gasteiger partial charge in [0.2, 0.25) is 0 Å². The lowest BCUT2D eigenvalue weighted by Crippen LogP contribution is -2.20. The summed E-state index contributed by atoms with van der Waals surface area (Å²) in [6.45, 7) is 14.1. The quantitative estimate of drug-likeness (QED) is 0.543. The van der Waals surface area contributed by atoms with Crippen LogP contribution in [0, 0.1) is 11.8 Å². The molecule has 1 aliphatic carbocycles. The number of ether oxygens (including phenoxy) is 1. The van der Waals surface area contributed by atoms with E-state index in [4.69, 9.17) is 4.74 Å². The zero-order valence-corrected chi connectivity index (χ0v) is 12.4. The van der Waals surface area contributed by atoms with Gasteiger partial charge in [-0.25, -0.2) is 0 Å². The molecule has 2 heteroatoms. The van der Waals surface area contributed by atoms with Gasteiger partial charge >= 0.3 is 5.97 Å². The summed E-state index contributed by atoms with van der Waals surface area (Å²) in [5.74, 6) is 0.901. The lowest BCUT2D eigenvalue weighted by molar-refractivity contribution is -0.144. The molecule has 2 atom stereocenters. The summed E-state index contributed by atoms with van der Waals surface area (Å²) in [5.41, 5.74) is 2.13. The summed E-state index contributed by atoms with van der Waals surface area (Å²) >= 11 is 0. The Hall–Kier alpha value is -1.31. The molecule has 0 fully saturated rings. The van der Waals surface area contributed by atoms with Crippen molar-refractivity contribution in [1.82, 2.24) is 0 Å². The second-order valence-corrected chi connectivity index (χ2v) is 5.76. The van der Waals surface area contributed by atoms with E-state index in [0.717, 1.165) is 36.8 Å². The topological polar surface area (TPSA) is 26.3 Å². The first-order valence-corrected chi connectivity index (χ1v) is 7.11. The van der Waals surface area contributed by atoms with Gasteiger partial charge in [0.1, 0.15) is 6.10 Å². The zero-order chi connectivity index (χ0) is 14.4. The maximum absolute atomic E-state index is 11.2. The molecule has 0 saturated heterocycles. The Morgan fingerprint density at radius 1 is 1.32 bits per heavy atom. The Labute approximate surface area is 117 Å². The van der Waals surface area contributed by atoms with Gasteiger partial charge in [-0.2, -0.15) is 0 Å². The van der Waals surface area contributed by atoms with Gasteiger partial charge in [-0.05, 0) is 43.1 Å². The molecular weight excluding hydrogens is 236 g/mol. The number of esters is 1. The Kier molecular flexibility index (Phi) is 6.07. The molecule has 2 nitrogen and oxygen atoms in total. The third-order valence-electron chi connectivity index (χ3n) is 3.73. The fraction of sp³-hybridized carbons (Fsp3) is 0.588. The molecule has 0 radical (unpaired) electrons. The third kappa shape index (κ3) is 5.46. The molecule has 0 spiro atoms. The Morgan fingerprint density at radius 2 is 2.00 bits per heavy atom. The predicted octanol–water partition coefficient (Wildman–Crippen LogP) is 4.43. The molecule has 1 rings (SSSR count). The Bertz CT molecular complexity index is 377. The van der Waals surface area contributed by atoms with E-state index in [0.29, 0.717) is 11.8 Å². The van der Waals surface area contributed by atoms with Crippen LogP contribution in [0.1, 0.15) is 46.5 Å². The molecule has 0 bridgehead atoms. The number of hydrogen-bond donors (Lipinski definition) is 0. The van der Waals surface area contributed by atoms with E-state index in [9.17, 15) is 4.79 Å². The van der Waals surface area contributed by atoms with Crippen LogP contribution in [0.3, 0.4) is 0 Å². The molecule has 0 heterocycles. The largest absolute Gasteiger partial charge is 0.458 e. The van der Waals surface area contributed by atoms with Crippen molar-refractivity contribution < 1.29 is 9.53 Å². The normalized spacial score (nSPS) is 27.2. The van der Waals surface area contributed by atoms with Gasteiger partial charge in [0.25, 0.3) is 0 Å². The van der Waals surface area contributed by atoms with E-state index in [1.54, 1.807) is 0 Å². The molecule has 0 unspecified atom stereocenters. The Morgan fingerprint density at radius 3 is 2.58 bits per heavy atom. The fourth-order valence-corrected chi connectivity index (χ4v) is 2.37. The maximum atomic E-state index is 11.2. The fourth-order valence-electron chi connectivity index (χ4n) is 2.37. The summed E-state index contributed by atoms with van der Waals surface area (Å²) in [7, 11) is 0. The number of allylic oxidation sites excluding steroid dienone is 3. The number of rotatable bonds is 2. The van der Waals surface area contributed by atoms with Crippen molar-refractivity contribution in [3.05, 3.63) is 36.5 Å². The molecule has 1 aliphatic rings. The second kappa shape index (κ2) is 7.32. The first-order chi connectivity index (χ1) is 8.90. The summed E-state index contributed by atoms with van der Waals surface area (Å²) in [6.07, 6.45) is 7.84. The van der Waals surface area contributed by atoms with E-state index in [1.807, 2.05) is 0 Å². The molecule has 106 valence electrons. The third-order valence-corrected chi connectivity index (χ3v) is 3.73. The summed E-state index contributed by atoms with van der Waals surface area (Å²) in [4.78, 5) is 11.2. The molecular formula is C17H26O2. The van der Waals surface area contributed by atoms with Crippen molar-refractivity contribution in [3.8, 4) is 0 Å². The molecule has 19 heavy (non-hydrogen) atoms. The molecule has 0 saturated carbocycles. The summed E-state index contributed by atoms with van der Waals surface area (Å²) < 4.78 is 5.38. The highest BCUT2D eigenvalue weighted by Crippen LogP contribution is 2.27. The predicted molar refractivity (Wildman–Crippen MR) is 79.8 cm³/mol. The van der Waals surface area contributed by atoms with Gasteiger partial charge < -0.3 is 4.74 Å². The van der Waals surface area contributed by atoms with Crippen LogP contribution >= 0.6 is 0 Å². The molecule has 0 amide bonds. The van der Waals surface area contributed by atoms with Gasteiger partial charge in [-0.3, -0.25) is 4.79 Å². The zero-order valence-electron chi connectivity index (χ0n) is 12.4. The van der Waals surface area contributed by atoms with Gasteiger partial charge in [0, 0.05) is 6.92 Å². The highest BCUT2D eigenvalue weighted by molar-refractivity contribution is 5.66. The minimum absolute atomic E-state index is 0.159. The van der Waals surface area contributed by atoms with Crippen molar-refractivity contribution in [2.24, 2.45) is 11.8 Å². The van der Waals surface area contributed by atoms with Crippen LogP contribution in [-0.2, 0) is 9.53 Å². The standard InChI is InChI=1S/C17H26O2/c1-12(2)16-9-6-13(3)7-11-17(19-15(5)18)14(4)8-10-16/h6,9,12,16-17H,3-4,7-8,10-11H2,1-2,5H3/b9-6+/t16-,17+/m1/s1. The first kappa shape index (κ1) is 15.7. The summed E-state index contributed by atoms with van der Waals surface area (Å²) in [5, 5.41) is 0. The number of hydrogen-bond acceptors (Lipinski definition) is 2. The smallest absolute Gasteiger partial charge is 0.303 e. The molecule has 0 aromatic rings. The highest BCUT2D eigenvalue weighted by atomic mass is 16.5. The van der Waals surface area contributed by atoms with Crippen LogP contribution < -0.4 is 0 Å². The second-order valence-electron chi connectivity index (χ2n) is 5.76. The minimum Gasteiger partial charge on any atom is -0.458 e. The van der Waals surface area contributed by atoms with E-state index in [1.165, 1.54) is 6.92 Å². The molecule has 0 aromatic heterocycles. The minimum atomic E-state index is -0.232. The molecule has 0 N–H and O–H groups in total. The molecule has 0 aromatic carbocycles. The van der Waals surface area contributed by atoms with Crippen molar-refractivity contribution in [3.63, 3.8) is 0 Å². The maximum Gasteiger partial charge on any atom is 0.303 e. The van der Waals surface area contributed by atoms with Gasteiger partial charge in [0.05, 0.1) is 0 Å². The number of carbonyl (C=O) groups is 1. The highest BCUT2D eigenvalue weighted by Gasteiger charge is 2.19. The van der Waals surface area contributed by atoms with Crippen LogP contribution in [-0.4, -0.2) is 12.1 Å². The van der Waals surface area contributed by atoms with Crippen LogP contribution in [0.25, 0.3) is 0 Å². The van der Waals surface area contributed by atoms with E-state index in [-0.39, 0.29) is 12.1 Å². The van der Waals surface area contributed by atoms with Gasteiger partial charge in [0.15, 0.2) is 0 Å². The van der Waals surface area contributed by atoms with Crippen LogP contribution in [0.5, 0.6) is 0 Å². The van der Waals surface area contributed by atoms with Crippen LogP contribution in [0.2, 0.25) is 0 Å². The lowest BCUT2D eigenvalue weighted by Gasteiger charge is -2.24. The van der Waals surface area contributed by atoms with E-state index >= 15 is 0 Å². The average Bonchev–Trinajstić information content (AvgIpc) is 2.32. The van der Waals surface area contributed by atoms with Crippen LogP contribution in [0.15, 0.2) is 36.5 Å². The lowest BCUT2D eigenvalue weighted by atomic mass is 9.86. The monoisotopic (exact) mass is 262 g/mol. The summed E-state index contributed by atoms with van der Waals surface area (Å²) in [6, 6.07) is 0. The van der Waals surface area contributed by atoms with Gasteiger partial charge in [-0.1, -0.05) is 44.7 Å². The van der Waals surface area contributed by atoms with Crippen molar-refractivity contribution in [2.45, 2.75) is 52.6 Å². The van der Waals surface area contributed by atoms with Crippen molar-refractivity contribution in [1.29, 1.82) is 0 Å². The van der Waals surface area contributed by atoms with E-state index in [2.05, 4.69) is 39.2 Å². The first-order valence-electron chi connectivity index (χ1n) is 7.11. The van der Waals surface area contributed by atoms with E-state index < -0.39 is 0 Å². The number of carbonyl (C=O) groups excluding carboxylic acids is 1. The van der Waals surface area contributed by atoms with Crippen LogP contribution in [0.4, 0.5) is 0 Å². The Balaban J connectivity index is 2.80. The SMILES string of the molecule is C=C1/C=C/[C@@H](C(C)C)CCC(=C)[C@@H](OC(C)=O)CC1. The average molecular weight is 262 g/mol. The molecule has 0 aliphatic heterocycles.